The molecule has 7 heteroatoms. The van der Waals surface area contributed by atoms with Crippen molar-refractivity contribution in [1.29, 1.82) is 5.26 Å². The van der Waals surface area contributed by atoms with Crippen LogP contribution < -0.4 is 10.2 Å². The molecule has 0 saturated heterocycles. The molecule has 0 aliphatic carbocycles. The molecule has 1 atom stereocenters. The first kappa shape index (κ1) is 21.1. The minimum atomic E-state index is -0.657. The highest BCUT2D eigenvalue weighted by molar-refractivity contribution is 7.84. The third kappa shape index (κ3) is 4.07. The van der Waals surface area contributed by atoms with E-state index in [0.29, 0.717) is 22.5 Å². The standard InChI is InChI=1S/C24H20ClN3O2S/c1-14(2)15-6-8-18(9-7-15)28-22(27-23(29)19(13-26)24(28)31)21-11-10-20(30-21)16-4-3-5-17(25)12-16/h3-12,14,22,31H,1-2H3,(H,27,29). The molecule has 1 N–H and O–H groups in total. The molecule has 2 heterocycles. The molecule has 31 heavy (non-hydrogen) atoms. The van der Waals surface area contributed by atoms with Crippen LogP contribution in [0, 0.1) is 11.3 Å². The molecule has 1 aliphatic rings. The Morgan fingerprint density at radius 2 is 1.90 bits per heavy atom. The van der Waals surface area contributed by atoms with Crippen molar-refractivity contribution in [3.8, 4) is 17.4 Å². The number of carbonyl (C=O) groups is 1. The van der Waals surface area contributed by atoms with Gasteiger partial charge in [0, 0.05) is 16.3 Å². The fourth-order valence-electron chi connectivity index (χ4n) is 3.49. The van der Waals surface area contributed by atoms with Gasteiger partial charge in [-0.3, -0.25) is 4.79 Å². The van der Waals surface area contributed by atoms with Gasteiger partial charge in [0.1, 0.15) is 23.2 Å². The molecule has 5 nitrogen and oxygen atoms in total. The van der Waals surface area contributed by atoms with Crippen molar-refractivity contribution in [2.24, 2.45) is 0 Å². The number of thiol groups is 1. The average molecular weight is 450 g/mol. The Morgan fingerprint density at radius 1 is 1.16 bits per heavy atom. The normalized spacial score (nSPS) is 16.5. The number of anilines is 1. The van der Waals surface area contributed by atoms with E-state index >= 15 is 0 Å². The largest absolute Gasteiger partial charge is 0.457 e. The number of rotatable bonds is 4. The molecule has 2 aromatic carbocycles. The van der Waals surface area contributed by atoms with Gasteiger partial charge in [-0.25, -0.2) is 0 Å². The summed E-state index contributed by atoms with van der Waals surface area (Å²) in [5.41, 5.74) is 2.75. The quantitative estimate of drug-likeness (QED) is 0.477. The predicted molar refractivity (Wildman–Crippen MR) is 125 cm³/mol. The number of hydrogen-bond acceptors (Lipinski definition) is 5. The van der Waals surface area contributed by atoms with Gasteiger partial charge in [0.15, 0.2) is 6.17 Å². The molecule has 1 unspecified atom stereocenters. The van der Waals surface area contributed by atoms with Crippen LogP contribution in [0.15, 0.2) is 75.7 Å². The van der Waals surface area contributed by atoms with Crippen molar-refractivity contribution >= 4 is 35.8 Å². The van der Waals surface area contributed by atoms with E-state index in [0.717, 1.165) is 11.3 Å². The summed E-state index contributed by atoms with van der Waals surface area (Å²) in [4.78, 5) is 14.3. The van der Waals surface area contributed by atoms with Gasteiger partial charge in [-0.2, -0.15) is 5.26 Å². The van der Waals surface area contributed by atoms with Crippen LogP contribution >= 0.6 is 24.2 Å². The van der Waals surface area contributed by atoms with E-state index in [1.807, 2.05) is 54.6 Å². The Bertz CT molecular complexity index is 1210. The molecule has 0 spiro atoms. The van der Waals surface area contributed by atoms with Gasteiger partial charge < -0.3 is 14.6 Å². The zero-order valence-corrected chi connectivity index (χ0v) is 18.6. The summed E-state index contributed by atoms with van der Waals surface area (Å²) in [6, 6.07) is 20.9. The second-order valence-electron chi connectivity index (χ2n) is 7.52. The summed E-state index contributed by atoms with van der Waals surface area (Å²) in [5.74, 6) is 1.03. The van der Waals surface area contributed by atoms with Crippen LogP contribution in [0.5, 0.6) is 0 Å². The van der Waals surface area contributed by atoms with Crippen molar-refractivity contribution in [3.05, 3.63) is 87.6 Å². The fourth-order valence-corrected chi connectivity index (χ4v) is 4.06. The summed E-state index contributed by atoms with van der Waals surface area (Å²) in [6.45, 7) is 4.24. The summed E-state index contributed by atoms with van der Waals surface area (Å²) in [7, 11) is 0. The SMILES string of the molecule is CC(C)c1ccc(N2C(S)=C(C#N)C(=O)NC2c2ccc(-c3cccc(Cl)c3)o2)cc1. The van der Waals surface area contributed by atoms with E-state index < -0.39 is 12.1 Å². The van der Waals surface area contributed by atoms with E-state index in [9.17, 15) is 10.1 Å². The fraction of sp³-hybridized carbons (Fsp3) is 0.167. The lowest BCUT2D eigenvalue weighted by Crippen LogP contribution is -2.45. The number of nitrogens with one attached hydrogen (secondary N) is 1. The lowest BCUT2D eigenvalue weighted by molar-refractivity contribution is -0.118. The van der Waals surface area contributed by atoms with Crippen molar-refractivity contribution in [1.82, 2.24) is 5.32 Å². The first-order valence-corrected chi connectivity index (χ1v) is 10.6. The second kappa shape index (κ2) is 8.54. The predicted octanol–water partition coefficient (Wildman–Crippen LogP) is 6.02. The monoisotopic (exact) mass is 449 g/mol. The van der Waals surface area contributed by atoms with Crippen molar-refractivity contribution in [2.45, 2.75) is 25.9 Å². The van der Waals surface area contributed by atoms with Crippen molar-refractivity contribution in [2.75, 3.05) is 4.90 Å². The van der Waals surface area contributed by atoms with Crippen LogP contribution in [0.25, 0.3) is 11.3 Å². The van der Waals surface area contributed by atoms with Gasteiger partial charge in [-0.05, 0) is 47.9 Å². The molecule has 156 valence electrons. The number of hydrogen-bond donors (Lipinski definition) is 2. The van der Waals surface area contributed by atoms with Crippen LogP contribution in [-0.4, -0.2) is 5.91 Å². The number of halogens is 1. The summed E-state index contributed by atoms with van der Waals surface area (Å²) in [5, 5.41) is 13.2. The first-order valence-electron chi connectivity index (χ1n) is 9.78. The third-order valence-electron chi connectivity index (χ3n) is 5.16. The molecule has 1 aromatic heterocycles. The Labute approximate surface area is 191 Å². The van der Waals surface area contributed by atoms with Gasteiger partial charge in [0.05, 0.1) is 5.03 Å². The Hall–Kier alpha value is -3.14. The molecular formula is C24H20ClN3O2S. The maximum Gasteiger partial charge on any atom is 0.266 e. The van der Waals surface area contributed by atoms with E-state index in [1.54, 1.807) is 17.0 Å². The number of nitriles is 1. The zero-order valence-electron chi connectivity index (χ0n) is 17.0. The molecule has 0 bridgehead atoms. The molecule has 1 amide bonds. The van der Waals surface area contributed by atoms with Gasteiger partial charge in [0.2, 0.25) is 0 Å². The number of nitrogens with zero attached hydrogens (tertiary/aromatic N) is 2. The van der Waals surface area contributed by atoms with E-state index in [-0.39, 0.29) is 10.6 Å². The lowest BCUT2D eigenvalue weighted by Gasteiger charge is -2.36. The van der Waals surface area contributed by atoms with E-state index in [2.05, 4.69) is 31.8 Å². The van der Waals surface area contributed by atoms with Crippen molar-refractivity contribution < 1.29 is 9.21 Å². The Balaban J connectivity index is 1.77. The lowest BCUT2D eigenvalue weighted by atomic mass is 10.0. The minimum Gasteiger partial charge on any atom is -0.457 e. The summed E-state index contributed by atoms with van der Waals surface area (Å²) in [6.07, 6.45) is -0.657. The average Bonchev–Trinajstić information content (AvgIpc) is 3.24. The molecule has 3 aromatic rings. The maximum absolute atomic E-state index is 12.5. The second-order valence-corrected chi connectivity index (χ2v) is 8.38. The third-order valence-corrected chi connectivity index (χ3v) is 5.83. The van der Waals surface area contributed by atoms with Gasteiger partial charge in [0.25, 0.3) is 5.91 Å². The number of furan rings is 1. The topological polar surface area (TPSA) is 69.3 Å². The van der Waals surface area contributed by atoms with E-state index in [1.165, 1.54) is 5.56 Å². The van der Waals surface area contributed by atoms with E-state index in [4.69, 9.17) is 16.0 Å². The molecular weight excluding hydrogens is 430 g/mol. The smallest absolute Gasteiger partial charge is 0.266 e. The van der Waals surface area contributed by atoms with Gasteiger partial charge in [-0.1, -0.05) is 49.7 Å². The van der Waals surface area contributed by atoms with Gasteiger partial charge >= 0.3 is 0 Å². The van der Waals surface area contributed by atoms with Crippen LogP contribution in [0.1, 0.15) is 37.3 Å². The van der Waals surface area contributed by atoms with Gasteiger partial charge in [-0.15, -0.1) is 12.6 Å². The molecule has 0 saturated carbocycles. The molecule has 0 radical (unpaired) electrons. The van der Waals surface area contributed by atoms with Crippen molar-refractivity contribution in [3.63, 3.8) is 0 Å². The number of carbonyl (C=O) groups excluding carboxylic acids is 1. The summed E-state index contributed by atoms with van der Waals surface area (Å²) >= 11 is 10.6. The Morgan fingerprint density at radius 3 is 2.55 bits per heavy atom. The molecule has 4 rings (SSSR count). The minimum absolute atomic E-state index is 0.0471. The first-order chi connectivity index (χ1) is 14.9. The van der Waals surface area contributed by atoms with Crippen LogP contribution in [0.3, 0.4) is 0 Å². The highest BCUT2D eigenvalue weighted by Crippen LogP contribution is 2.38. The van der Waals surface area contributed by atoms with Crippen LogP contribution in [0.2, 0.25) is 5.02 Å². The highest BCUT2D eigenvalue weighted by atomic mass is 35.5. The van der Waals surface area contributed by atoms with Crippen LogP contribution in [0.4, 0.5) is 5.69 Å². The molecule has 0 fully saturated rings. The number of amides is 1. The zero-order chi connectivity index (χ0) is 22.1. The molecule has 1 aliphatic heterocycles. The number of benzene rings is 2. The Kier molecular flexibility index (Phi) is 5.81. The van der Waals surface area contributed by atoms with Crippen LogP contribution in [-0.2, 0) is 4.79 Å². The highest BCUT2D eigenvalue weighted by Gasteiger charge is 2.35. The maximum atomic E-state index is 12.5. The summed E-state index contributed by atoms with van der Waals surface area (Å²) < 4.78 is 6.09.